The highest BCUT2D eigenvalue weighted by molar-refractivity contribution is 6.30. The first-order chi connectivity index (χ1) is 15.0. The smallest absolute Gasteiger partial charge is 0.257 e. The molecule has 158 valence electrons. The lowest BCUT2D eigenvalue weighted by Gasteiger charge is -2.25. The number of carbonyl (C=O) groups excluding carboxylic acids is 1. The van der Waals surface area contributed by atoms with Crippen LogP contribution in [0, 0.1) is 11.6 Å². The topological polar surface area (TPSA) is 41.9 Å². The van der Waals surface area contributed by atoms with Crippen LogP contribution >= 0.6 is 11.6 Å². The number of oxime groups is 1. The predicted octanol–water partition coefficient (Wildman–Crippen LogP) is 5.45. The van der Waals surface area contributed by atoms with Crippen molar-refractivity contribution in [2.24, 2.45) is 5.16 Å². The fourth-order valence-corrected chi connectivity index (χ4v) is 3.72. The maximum absolute atomic E-state index is 14.3. The Balaban J connectivity index is 1.54. The van der Waals surface area contributed by atoms with E-state index in [1.165, 1.54) is 29.2 Å². The summed E-state index contributed by atoms with van der Waals surface area (Å²) in [6.45, 7) is 0.365. The van der Waals surface area contributed by atoms with Crippen LogP contribution in [0.1, 0.15) is 27.9 Å². The third-order valence-electron chi connectivity index (χ3n) is 5.00. The summed E-state index contributed by atoms with van der Waals surface area (Å²) in [5.74, 6) is -1.45. The standard InChI is InChI=1S/C24H19ClF2N2O2/c25-17-7-5-6-16(12-17)14-29(24(30)20-9-2-4-11-22(20)27)15-18-13-23(28-31-18)19-8-1-3-10-21(19)26/h1-12,18H,13-15H2/t18-/m0/s1. The molecular weight excluding hydrogens is 422 g/mol. The maximum Gasteiger partial charge on any atom is 0.257 e. The van der Waals surface area contributed by atoms with E-state index in [0.29, 0.717) is 22.7 Å². The van der Waals surface area contributed by atoms with E-state index in [-0.39, 0.29) is 24.5 Å². The summed E-state index contributed by atoms with van der Waals surface area (Å²) in [4.78, 5) is 20.1. The van der Waals surface area contributed by atoms with Crippen molar-refractivity contribution in [2.45, 2.75) is 19.1 Å². The Morgan fingerprint density at radius 3 is 2.52 bits per heavy atom. The number of benzene rings is 3. The van der Waals surface area contributed by atoms with E-state index < -0.39 is 17.8 Å². The number of carbonyl (C=O) groups is 1. The Bertz CT molecular complexity index is 1140. The van der Waals surface area contributed by atoms with E-state index in [2.05, 4.69) is 5.16 Å². The van der Waals surface area contributed by atoms with Gasteiger partial charge in [0.05, 0.1) is 17.8 Å². The van der Waals surface area contributed by atoms with Crippen LogP contribution < -0.4 is 0 Å². The lowest BCUT2D eigenvalue weighted by Crippen LogP contribution is -2.37. The van der Waals surface area contributed by atoms with E-state index in [9.17, 15) is 13.6 Å². The summed E-state index contributed by atoms with van der Waals surface area (Å²) < 4.78 is 28.4. The van der Waals surface area contributed by atoms with Crippen LogP contribution in [0.2, 0.25) is 5.02 Å². The molecule has 0 saturated heterocycles. The summed E-state index contributed by atoms with van der Waals surface area (Å²) >= 11 is 6.08. The number of hydrogen-bond acceptors (Lipinski definition) is 3. The second kappa shape index (κ2) is 9.27. The van der Waals surface area contributed by atoms with Gasteiger partial charge in [-0.25, -0.2) is 8.78 Å². The van der Waals surface area contributed by atoms with Crippen molar-refractivity contribution in [1.82, 2.24) is 4.90 Å². The monoisotopic (exact) mass is 440 g/mol. The Kier molecular flexibility index (Phi) is 6.28. The lowest BCUT2D eigenvalue weighted by atomic mass is 10.0. The highest BCUT2D eigenvalue weighted by Crippen LogP contribution is 2.22. The molecule has 3 aromatic carbocycles. The van der Waals surface area contributed by atoms with Crippen LogP contribution in [0.4, 0.5) is 8.78 Å². The van der Waals surface area contributed by atoms with Gasteiger partial charge in [-0.1, -0.05) is 59.2 Å². The van der Waals surface area contributed by atoms with Gasteiger partial charge in [-0.2, -0.15) is 0 Å². The molecule has 3 aromatic rings. The molecule has 4 rings (SSSR count). The van der Waals surface area contributed by atoms with E-state index in [1.54, 1.807) is 42.5 Å². The first kappa shape index (κ1) is 21.0. The van der Waals surface area contributed by atoms with Gasteiger partial charge in [0.2, 0.25) is 0 Å². The van der Waals surface area contributed by atoms with Gasteiger partial charge in [0, 0.05) is 23.6 Å². The zero-order chi connectivity index (χ0) is 21.8. The summed E-state index contributed by atoms with van der Waals surface area (Å²) in [6.07, 6.45) is -0.151. The zero-order valence-corrected chi connectivity index (χ0v) is 17.2. The molecule has 1 heterocycles. The molecule has 7 heteroatoms. The van der Waals surface area contributed by atoms with E-state index in [1.807, 2.05) is 6.07 Å². The average Bonchev–Trinajstić information content (AvgIpc) is 3.22. The number of hydrogen-bond donors (Lipinski definition) is 0. The third-order valence-corrected chi connectivity index (χ3v) is 5.23. The summed E-state index contributed by atoms with van der Waals surface area (Å²) in [5.41, 5.74) is 1.61. The fourth-order valence-electron chi connectivity index (χ4n) is 3.51. The average molecular weight is 441 g/mol. The Morgan fingerprint density at radius 1 is 1.03 bits per heavy atom. The van der Waals surface area contributed by atoms with E-state index >= 15 is 0 Å². The van der Waals surface area contributed by atoms with E-state index in [0.717, 1.165) is 5.56 Å². The van der Waals surface area contributed by atoms with Crippen molar-refractivity contribution in [3.8, 4) is 0 Å². The normalized spacial score (nSPS) is 15.3. The highest BCUT2D eigenvalue weighted by atomic mass is 35.5. The molecule has 0 N–H and O–H groups in total. The van der Waals surface area contributed by atoms with Gasteiger partial charge in [0.1, 0.15) is 11.6 Å². The molecule has 0 bridgehead atoms. The van der Waals surface area contributed by atoms with Gasteiger partial charge in [-0.3, -0.25) is 4.79 Å². The summed E-state index contributed by atoms with van der Waals surface area (Å²) in [7, 11) is 0. The second-order valence-electron chi connectivity index (χ2n) is 7.24. The van der Waals surface area contributed by atoms with Crippen molar-refractivity contribution < 1.29 is 18.4 Å². The van der Waals surface area contributed by atoms with Crippen molar-refractivity contribution in [3.05, 3.63) is 106 Å². The second-order valence-corrected chi connectivity index (χ2v) is 7.68. The predicted molar refractivity (Wildman–Crippen MR) is 115 cm³/mol. The van der Waals surface area contributed by atoms with Crippen LogP contribution in [0.3, 0.4) is 0 Å². The molecule has 1 atom stereocenters. The highest BCUT2D eigenvalue weighted by Gasteiger charge is 2.29. The van der Waals surface area contributed by atoms with Gasteiger partial charge >= 0.3 is 0 Å². The molecule has 1 amide bonds. The molecule has 31 heavy (non-hydrogen) atoms. The maximum atomic E-state index is 14.3. The van der Waals surface area contributed by atoms with Gasteiger partial charge < -0.3 is 9.74 Å². The minimum absolute atomic E-state index is 0.0298. The zero-order valence-electron chi connectivity index (χ0n) is 16.5. The first-order valence-electron chi connectivity index (χ1n) is 9.77. The van der Waals surface area contributed by atoms with Crippen LogP contribution in [0.25, 0.3) is 0 Å². The molecule has 1 aliphatic rings. The fraction of sp³-hybridized carbons (Fsp3) is 0.167. The SMILES string of the molecule is O=C(c1ccccc1F)N(Cc1cccc(Cl)c1)C[C@@H]1CC(c2ccccc2F)=NO1. The quantitative estimate of drug-likeness (QED) is 0.511. The summed E-state index contributed by atoms with van der Waals surface area (Å²) in [5, 5.41) is 4.56. The molecule has 1 aliphatic heterocycles. The molecule has 0 aromatic heterocycles. The Morgan fingerprint density at radius 2 is 1.77 bits per heavy atom. The molecule has 0 unspecified atom stereocenters. The molecule has 0 radical (unpaired) electrons. The largest absolute Gasteiger partial charge is 0.390 e. The van der Waals surface area contributed by atoms with Crippen molar-refractivity contribution in [2.75, 3.05) is 6.54 Å². The first-order valence-corrected chi connectivity index (χ1v) is 10.1. The molecule has 4 nitrogen and oxygen atoms in total. The van der Waals surface area contributed by atoms with Crippen LogP contribution in [0.15, 0.2) is 78.0 Å². The molecule has 0 fully saturated rings. The van der Waals surface area contributed by atoms with Gasteiger partial charge in [-0.15, -0.1) is 0 Å². The van der Waals surface area contributed by atoms with Gasteiger partial charge in [0.25, 0.3) is 5.91 Å². The third kappa shape index (κ3) is 4.91. The number of amides is 1. The minimum atomic E-state index is -0.598. The van der Waals surface area contributed by atoms with Crippen molar-refractivity contribution in [3.63, 3.8) is 0 Å². The van der Waals surface area contributed by atoms with E-state index in [4.69, 9.17) is 16.4 Å². The lowest BCUT2D eigenvalue weighted by molar-refractivity contribution is 0.0402. The van der Waals surface area contributed by atoms with Gasteiger partial charge in [0.15, 0.2) is 6.10 Å². The molecule has 0 spiro atoms. The minimum Gasteiger partial charge on any atom is -0.390 e. The van der Waals surface area contributed by atoms with Crippen LogP contribution in [0.5, 0.6) is 0 Å². The van der Waals surface area contributed by atoms with Crippen molar-refractivity contribution in [1.29, 1.82) is 0 Å². The summed E-state index contributed by atoms with van der Waals surface area (Å²) in [6, 6.07) is 19.3. The Hall–Kier alpha value is -3.25. The number of nitrogens with zero attached hydrogens (tertiary/aromatic N) is 2. The van der Waals surface area contributed by atoms with Crippen LogP contribution in [-0.2, 0) is 11.4 Å². The van der Waals surface area contributed by atoms with Crippen molar-refractivity contribution >= 4 is 23.2 Å². The number of halogens is 3. The van der Waals surface area contributed by atoms with Crippen LogP contribution in [-0.4, -0.2) is 29.2 Å². The van der Waals surface area contributed by atoms with Gasteiger partial charge in [-0.05, 0) is 35.9 Å². The molecule has 0 saturated carbocycles. The molecular formula is C24H19ClF2N2O2. The number of rotatable bonds is 6. The molecule has 0 aliphatic carbocycles. The Labute approximate surface area is 183 Å².